The zero-order valence-corrected chi connectivity index (χ0v) is 15.7. The Morgan fingerprint density at radius 3 is 2.72 bits per heavy atom. The molecule has 1 aliphatic rings. The van der Waals surface area contributed by atoms with Crippen LogP contribution in [-0.2, 0) is 0 Å². The van der Waals surface area contributed by atoms with Crippen LogP contribution in [0.15, 0.2) is 48.7 Å². The highest BCUT2D eigenvalue weighted by Crippen LogP contribution is 2.27. The molecule has 130 valence electrons. The summed E-state index contributed by atoms with van der Waals surface area (Å²) < 4.78 is 2.09. The zero-order valence-electron chi connectivity index (χ0n) is 14.9. The molecule has 4 rings (SSSR count). The molecule has 3 aromatic rings. The van der Waals surface area contributed by atoms with Crippen LogP contribution in [0.5, 0.6) is 0 Å². The molecule has 1 saturated heterocycles. The van der Waals surface area contributed by atoms with Crippen LogP contribution in [0, 0.1) is 6.92 Å². The molecule has 0 amide bonds. The third-order valence-electron chi connectivity index (χ3n) is 5.22. The smallest absolute Gasteiger partial charge is 0.0727 e. The Kier molecular flexibility index (Phi) is 4.82. The molecule has 2 heterocycles. The third kappa shape index (κ3) is 3.33. The fourth-order valence-corrected chi connectivity index (χ4v) is 4.90. The van der Waals surface area contributed by atoms with Crippen molar-refractivity contribution in [1.29, 1.82) is 0 Å². The van der Waals surface area contributed by atoms with Gasteiger partial charge in [-0.25, -0.2) is 4.68 Å². The molecule has 1 unspecified atom stereocenters. The van der Waals surface area contributed by atoms with Gasteiger partial charge in [-0.05, 0) is 49.6 Å². The maximum Gasteiger partial charge on any atom is 0.0727 e. The monoisotopic (exact) mass is 351 g/mol. The van der Waals surface area contributed by atoms with Crippen LogP contribution in [0.3, 0.4) is 0 Å². The van der Waals surface area contributed by atoms with E-state index in [0.29, 0.717) is 12.1 Å². The maximum absolute atomic E-state index is 4.72. The summed E-state index contributed by atoms with van der Waals surface area (Å²) in [4.78, 5) is 0. The summed E-state index contributed by atoms with van der Waals surface area (Å²) in [6, 6.07) is 15.9. The average Bonchev–Trinajstić information content (AvgIpc) is 3.03. The van der Waals surface area contributed by atoms with Crippen LogP contribution >= 0.6 is 11.8 Å². The van der Waals surface area contributed by atoms with Gasteiger partial charge in [0.2, 0.25) is 0 Å². The minimum absolute atomic E-state index is 0.330. The van der Waals surface area contributed by atoms with Gasteiger partial charge in [0.05, 0.1) is 11.9 Å². The zero-order chi connectivity index (χ0) is 17.2. The van der Waals surface area contributed by atoms with Gasteiger partial charge in [0.25, 0.3) is 0 Å². The lowest BCUT2D eigenvalue weighted by Crippen LogP contribution is -2.34. The van der Waals surface area contributed by atoms with E-state index >= 15 is 0 Å². The number of nitrogens with zero attached hydrogens (tertiary/aromatic N) is 2. The molecule has 0 spiro atoms. The molecule has 1 N–H and O–H groups in total. The van der Waals surface area contributed by atoms with E-state index in [4.69, 9.17) is 5.10 Å². The van der Waals surface area contributed by atoms with Crippen molar-refractivity contribution in [3.63, 3.8) is 0 Å². The maximum atomic E-state index is 4.72. The summed E-state index contributed by atoms with van der Waals surface area (Å²) in [5.74, 6) is 2.55. The Bertz CT molecular complexity index is 859. The standard InChI is InChI=1S/C21H25N3S/c1-15(23-18-10-12-25-13-11-18)20-14-22-24(16(20)2)21-9-5-7-17-6-3-4-8-19(17)21/h3-9,14-15,18,23H,10-13H2,1-2H3. The van der Waals surface area contributed by atoms with Crippen molar-refractivity contribution in [2.24, 2.45) is 0 Å². The fourth-order valence-electron chi connectivity index (χ4n) is 3.79. The van der Waals surface area contributed by atoms with Gasteiger partial charge in [-0.1, -0.05) is 36.4 Å². The third-order valence-corrected chi connectivity index (χ3v) is 6.26. The first kappa shape index (κ1) is 16.7. The predicted molar refractivity (Wildman–Crippen MR) is 108 cm³/mol. The SMILES string of the molecule is Cc1c(C(C)NC2CCSCC2)cnn1-c1cccc2ccccc12. The molecule has 0 aliphatic carbocycles. The molecule has 1 aromatic heterocycles. The lowest BCUT2D eigenvalue weighted by molar-refractivity contribution is 0.430. The predicted octanol–water partition coefficient (Wildman–Crippen LogP) is 4.88. The van der Waals surface area contributed by atoms with Gasteiger partial charge < -0.3 is 5.32 Å². The van der Waals surface area contributed by atoms with E-state index < -0.39 is 0 Å². The number of hydrogen-bond donors (Lipinski definition) is 1. The van der Waals surface area contributed by atoms with Crippen LogP contribution in [0.2, 0.25) is 0 Å². The normalized spacial score (nSPS) is 17.0. The first-order chi connectivity index (χ1) is 12.2. The van der Waals surface area contributed by atoms with E-state index in [1.165, 1.54) is 46.4 Å². The van der Waals surface area contributed by atoms with E-state index in [-0.39, 0.29) is 0 Å². The van der Waals surface area contributed by atoms with Gasteiger partial charge in [0.15, 0.2) is 0 Å². The number of thioether (sulfide) groups is 1. The number of hydrogen-bond acceptors (Lipinski definition) is 3. The Balaban J connectivity index is 1.64. The second-order valence-corrected chi connectivity index (χ2v) is 8.10. The van der Waals surface area contributed by atoms with Crippen molar-refractivity contribution < 1.29 is 0 Å². The lowest BCUT2D eigenvalue weighted by Gasteiger charge is -2.26. The van der Waals surface area contributed by atoms with Crippen molar-refractivity contribution >= 4 is 22.5 Å². The van der Waals surface area contributed by atoms with Gasteiger partial charge in [0, 0.05) is 28.7 Å². The van der Waals surface area contributed by atoms with Crippen molar-refractivity contribution in [2.75, 3.05) is 11.5 Å². The van der Waals surface area contributed by atoms with Crippen molar-refractivity contribution in [3.05, 3.63) is 59.9 Å². The highest BCUT2D eigenvalue weighted by molar-refractivity contribution is 7.99. The van der Waals surface area contributed by atoms with E-state index in [0.717, 1.165) is 5.69 Å². The molecule has 0 saturated carbocycles. The number of nitrogens with one attached hydrogen (secondary N) is 1. The minimum atomic E-state index is 0.330. The quantitative estimate of drug-likeness (QED) is 0.726. The number of aromatic nitrogens is 2. The van der Waals surface area contributed by atoms with Gasteiger partial charge in [0.1, 0.15) is 0 Å². The summed E-state index contributed by atoms with van der Waals surface area (Å²) in [5.41, 5.74) is 3.68. The van der Waals surface area contributed by atoms with E-state index in [2.05, 4.69) is 78.1 Å². The lowest BCUT2D eigenvalue weighted by atomic mass is 10.1. The van der Waals surface area contributed by atoms with Crippen LogP contribution in [0.25, 0.3) is 16.5 Å². The van der Waals surface area contributed by atoms with Gasteiger partial charge in [-0.2, -0.15) is 16.9 Å². The largest absolute Gasteiger partial charge is 0.307 e. The van der Waals surface area contributed by atoms with Gasteiger partial charge >= 0.3 is 0 Å². The fraction of sp³-hybridized carbons (Fsp3) is 0.381. The summed E-state index contributed by atoms with van der Waals surface area (Å²) in [7, 11) is 0. The summed E-state index contributed by atoms with van der Waals surface area (Å²) >= 11 is 2.07. The summed E-state index contributed by atoms with van der Waals surface area (Å²) in [6.07, 6.45) is 4.57. The first-order valence-electron chi connectivity index (χ1n) is 9.10. The Morgan fingerprint density at radius 2 is 1.88 bits per heavy atom. The number of benzene rings is 2. The Labute approximate surface area is 153 Å². The molecule has 0 bridgehead atoms. The van der Waals surface area contributed by atoms with E-state index in [9.17, 15) is 0 Å². The highest BCUT2D eigenvalue weighted by atomic mass is 32.2. The first-order valence-corrected chi connectivity index (χ1v) is 10.3. The molecule has 3 nitrogen and oxygen atoms in total. The van der Waals surface area contributed by atoms with Gasteiger partial charge in [-0.15, -0.1) is 0 Å². The summed E-state index contributed by atoms with van der Waals surface area (Å²) in [5, 5.41) is 11.0. The second kappa shape index (κ2) is 7.22. The molecule has 1 fully saturated rings. The van der Waals surface area contributed by atoms with E-state index in [1.54, 1.807) is 0 Å². The van der Waals surface area contributed by atoms with Crippen LogP contribution in [0.1, 0.15) is 37.1 Å². The van der Waals surface area contributed by atoms with Crippen LogP contribution < -0.4 is 5.32 Å². The average molecular weight is 352 g/mol. The molecule has 25 heavy (non-hydrogen) atoms. The molecular formula is C21H25N3S. The molecule has 1 aliphatic heterocycles. The molecule has 0 radical (unpaired) electrons. The molecular weight excluding hydrogens is 326 g/mol. The number of fused-ring (bicyclic) bond motifs is 1. The van der Waals surface area contributed by atoms with E-state index in [1.807, 2.05) is 6.20 Å². The number of rotatable bonds is 4. The Hall–Kier alpha value is -1.78. The highest BCUT2D eigenvalue weighted by Gasteiger charge is 2.20. The topological polar surface area (TPSA) is 29.9 Å². The minimum Gasteiger partial charge on any atom is -0.307 e. The molecule has 1 atom stereocenters. The van der Waals surface area contributed by atoms with Crippen molar-refractivity contribution in [2.45, 2.75) is 38.8 Å². The van der Waals surface area contributed by atoms with Gasteiger partial charge in [-0.3, -0.25) is 0 Å². The molecule has 2 aromatic carbocycles. The van der Waals surface area contributed by atoms with Crippen molar-refractivity contribution in [3.8, 4) is 5.69 Å². The van der Waals surface area contributed by atoms with Crippen LogP contribution in [0.4, 0.5) is 0 Å². The van der Waals surface area contributed by atoms with Crippen molar-refractivity contribution in [1.82, 2.24) is 15.1 Å². The second-order valence-electron chi connectivity index (χ2n) is 6.87. The molecule has 4 heteroatoms. The Morgan fingerprint density at radius 1 is 1.12 bits per heavy atom. The van der Waals surface area contributed by atoms with Crippen LogP contribution in [-0.4, -0.2) is 27.3 Å². The summed E-state index contributed by atoms with van der Waals surface area (Å²) in [6.45, 7) is 4.44.